The standard InChI is InChI=1S/C15H22N4O/c1-4-7-16-15-17-12(3)9-13(18-15)14(20)19-8-5-6-11(2)10-19/h4,9,11H,1,5-8,10H2,2-3H3,(H,16,17,18). The Hall–Kier alpha value is -1.91. The number of rotatable bonds is 4. The van der Waals surface area contributed by atoms with Gasteiger partial charge in [-0.15, -0.1) is 6.58 Å². The van der Waals surface area contributed by atoms with Gasteiger partial charge in [-0.05, 0) is 31.7 Å². The van der Waals surface area contributed by atoms with Crippen LogP contribution in [0, 0.1) is 12.8 Å². The van der Waals surface area contributed by atoms with Crippen LogP contribution >= 0.6 is 0 Å². The Morgan fingerprint density at radius 3 is 3.10 bits per heavy atom. The molecule has 2 heterocycles. The third-order valence-electron chi connectivity index (χ3n) is 3.42. The molecule has 108 valence electrons. The van der Waals surface area contributed by atoms with E-state index in [9.17, 15) is 4.79 Å². The molecular weight excluding hydrogens is 252 g/mol. The lowest BCUT2D eigenvalue weighted by molar-refractivity contribution is 0.0677. The van der Waals surface area contributed by atoms with Gasteiger partial charge in [0.05, 0.1) is 0 Å². The number of aromatic nitrogens is 2. The van der Waals surface area contributed by atoms with Crippen LogP contribution in [-0.4, -0.2) is 40.4 Å². The molecule has 1 aromatic heterocycles. The molecule has 1 fully saturated rings. The van der Waals surface area contributed by atoms with Crippen LogP contribution in [0.3, 0.4) is 0 Å². The summed E-state index contributed by atoms with van der Waals surface area (Å²) in [7, 11) is 0. The van der Waals surface area contributed by atoms with E-state index in [1.807, 2.05) is 11.8 Å². The fourth-order valence-corrected chi connectivity index (χ4v) is 2.46. The molecule has 0 bridgehead atoms. The van der Waals surface area contributed by atoms with E-state index in [-0.39, 0.29) is 5.91 Å². The molecular formula is C15H22N4O. The monoisotopic (exact) mass is 274 g/mol. The first-order chi connectivity index (χ1) is 9.60. The minimum Gasteiger partial charge on any atom is -0.351 e. The molecule has 1 aliphatic rings. The molecule has 5 nitrogen and oxygen atoms in total. The molecule has 5 heteroatoms. The third-order valence-corrected chi connectivity index (χ3v) is 3.42. The van der Waals surface area contributed by atoms with Crippen LogP contribution in [0.2, 0.25) is 0 Å². The number of aryl methyl sites for hydroxylation is 1. The zero-order valence-corrected chi connectivity index (χ0v) is 12.2. The summed E-state index contributed by atoms with van der Waals surface area (Å²) in [4.78, 5) is 23.0. The van der Waals surface area contributed by atoms with E-state index in [2.05, 4.69) is 28.8 Å². The van der Waals surface area contributed by atoms with Gasteiger partial charge in [0.25, 0.3) is 5.91 Å². The summed E-state index contributed by atoms with van der Waals surface area (Å²) >= 11 is 0. The van der Waals surface area contributed by atoms with E-state index >= 15 is 0 Å². The summed E-state index contributed by atoms with van der Waals surface area (Å²) in [5.74, 6) is 1.05. The summed E-state index contributed by atoms with van der Waals surface area (Å²) in [6.45, 7) is 9.92. The van der Waals surface area contributed by atoms with Crippen LogP contribution in [0.25, 0.3) is 0 Å². The predicted molar refractivity (Wildman–Crippen MR) is 79.8 cm³/mol. The molecule has 1 atom stereocenters. The second-order valence-corrected chi connectivity index (χ2v) is 5.39. The molecule has 0 aliphatic carbocycles. The van der Waals surface area contributed by atoms with Crippen molar-refractivity contribution in [1.82, 2.24) is 14.9 Å². The average molecular weight is 274 g/mol. The van der Waals surface area contributed by atoms with E-state index in [0.717, 1.165) is 25.2 Å². The number of nitrogens with one attached hydrogen (secondary N) is 1. The number of amides is 1. The van der Waals surface area contributed by atoms with E-state index in [1.54, 1.807) is 12.1 Å². The fraction of sp³-hybridized carbons (Fsp3) is 0.533. The first-order valence-electron chi connectivity index (χ1n) is 7.10. The zero-order valence-electron chi connectivity index (χ0n) is 12.2. The van der Waals surface area contributed by atoms with Crippen molar-refractivity contribution < 1.29 is 4.79 Å². The number of hydrogen-bond donors (Lipinski definition) is 1. The molecule has 0 aromatic carbocycles. The molecule has 1 amide bonds. The van der Waals surface area contributed by atoms with Crippen molar-refractivity contribution in [3.05, 3.63) is 30.1 Å². The molecule has 1 aromatic rings. The zero-order chi connectivity index (χ0) is 14.5. The summed E-state index contributed by atoms with van der Waals surface area (Å²) in [6, 6.07) is 1.75. The molecule has 1 saturated heterocycles. The Balaban J connectivity index is 2.16. The second-order valence-electron chi connectivity index (χ2n) is 5.39. The van der Waals surface area contributed by atoms with Crippen LogP contribution in [-0.2, 0) is 0 Å². The van der Waals surface area contributed by atoms with Gasteiger partial charge < -0.3 is 10.2 Å². The van der Waals surface area contributed by atoms with Crippen LogP contribution in [0.5, 0.6) is 0 Å². The van der Waals surface area contributed by atoms with Gasteiger partial charge in [-0.25, -0.2) is 9.97 Å². The van der Waals surface area contributed by atoms with Crippen molar-refractivity contribution in [3.8, 4) is 0 Å². The highest BCUT2D eigenvalue weighted by Crippen LogP contribution is 2.18. The highest BCUT2D eigenvalue weighted by molar-refractivity contribution is 5.92. The quantitative estimate of drug-likeness (QED) is 0.856. The van der Waals surface area contributed by atoms with Gasteiger partial charge in [0.2, 0.25) is 5.95 Å². The Labute approximate surface area is 120 Å². The van der Waals surface area contributed by atoms with Crippen molar-refractivity contribution in [1.29, 1.82) is 0 Å². The summed E-state index contributed by atoms with van der Waals surface area (Å²) < 4.78 is 0. The highest BCUT2D eigenvalue weighted by atomic mass is 16.2. The van der Waals surface area contributed by atoms with Gasteiger partial charge in [0.15, 0.2) is 0 Å². The van der Waals surface area contributed by atoms with Crippen molar-refractivity contribution in [2.75, 3.05) is 25.0 Å². The molecule has 1 N–H and O–H groups in total. The Morgan fingerprint density at radius 1 is 1.60 bits per heavy atom. The first-order valence-corrected chi connectivity index (χ1v) is 7.10. The minimum absolute atomic E-state index is 0.00343. The van der Waals surface area contributed by atoms with Crippen molar-refractivity contribution >= 4 is 11.9 Å². The number of carbonyl (C=O) groups excluding carboxylic acids is 1. The number of carbonyl (C=O) groups is 1. The highest BCUT2D eigenvalue weighted by Gasteiger charge is 2.23. The minimum atomic E-state index is 0.00343. The molecule has 0 saturated carbocycles. The number of anilines is 1. The van der Waals surface area contributed by atoms with Crippen molar-refractivity contribution in [3.63, 3.8) is 0 Å². The van der Waals surface area contributed by atoms with E-state index in [4.69, 9.17) is 0 Å². The lowest BCUT2D eigenvalue weighted by atomic mass is 10.00. The fourth-order valence-electron chi connectivity index (χ4n) is 2.46. The summed E-state index contributed by atoms with van der Waals surface area (Å²) in [5.41, 5.74) is 1.26. The predicted octanol–water partition coefficient (Wildman–Crippen LogP) is 2.26. The molecule has 0 spiro atoms. The Bertz CT molecular complexity index is 501. The van der Waals surface area contributed by atoms with Gasteiger partial charge in [0.1, 0.15) is 5.69 Å². The van der Waals surface area contributed by atoms with Crippen LogP contribution in [0.4, 0.5) is 5.95 Å². The van der Waals surface area contributed by atoms with Gasteiger partial charge in [-0.2, -0.15) is 0 Å². The average Bonchev–Trinajstić information content (AvgIpc) is 2.43. The molecule has 1 aliphatic heterocycles. The third kappa shape index (κ3) is 3.56. The van der Waals surface area contributed by atoms with Crippen LogP contribution in [0.1, 0.15) is 35.9 Å². The second kappa shape index (κ2) is 6.50. The maximum atomic E-state index is 12.5. The normalized spacial score (nSPS) is 18.7. The molecule has 1 unspecified atom stereocenters. The van der Waals surface area contributed by atoms with Crippen LogP contribution in [0.15, 0.2) is 18.7 Å². The number of piperidine rings is 1. The SMILES string of the molecule is C=CCNc1nc(C)cc(C(=O)N2CCCC(C)C2)n1. The van der Waals surface area contributed by atoms with Crippen molar-refractivity contribution in [2.45, 2.75) is 26.7 Å². The van der Waals surface area contributed by atoms with Crippen LogP contribution < -0.4 is 5.32 Å². The van der Waals surface area contributed by atoms with E-state index < -0.39 is 0 Å². The smallest absolute Gasteiger partial charge is 0.272 e. The number of nitrogens with zero attached hydrogens (tertiary/aromatic N) is 3. The molecule has 2 rings (SSSR count). The maximum absolute atomic E-state index is 12.5. The van der Waals surface area contributed by atoms with Gasteiger partial charge in [0, 0.05) is 25.3 Å². The first kappa shape index (κ1) is 14.5. The lowest BCUT2D eigenvalue weighted by Gasteiger charge is -2.30. The van der Waals surface area contributed by atoms with E-state index in [1.165, 1.54) is 6.42 Å². The van der Waals surface area contributed by atoms with Gasteiger partial charge in [-0.3, -0.25) is 4.79 Å². The lowest BCUT2D eigenvalue weighted by Crippen LogP contribution is -2.39. The summed E-state index contributed by atoms with van der Waals surface area (Å²) in [6.07, 6.45) is 4.00. The van der Waals surface area contributed by atoms with E-state index in [0.29, 0.717) is 24.1 Å². The topological polar surface area (TPSA) is 58.1 Å². The maximum Gasteiger partial charge on any atom is 0.272 e. The largest absolute Gasteiger partial charge is 0.351 e. The van der Waals surface area contributed by atoms with Gasteiger partial charge >= 0.3 is 0 Å². The number of likely N-dealkylation sites (tertiary alicyclic amines) is 1. The molecule has 0 radical (unpaired) electrons. The Kier molecular flexibility index (Phi) is 4.71. The van der Waals surface area contributed by atoms with Crippen molar-refractivity contribution in [2.24, 2.45) is 5.92 Å². The van der Waals surface area contributed by atoms with Gasteiger partial charge in [-0.1, -0.05) is 13.0 Å². The Morgan fingerprint density at radius 2 is 2.40 bits per heavy atom. The summed E-state index contributed by atoms with van der Waals surface area (Å²) in [5, 5.41) is 3.03. The molecule has 20 heavy (non-hydrogen) atoms. The number of hydrogen-bond acceptors (Lipinski definition) is 4.